The van der Waals surface area contributed by atoms with E-state index in [0.717, 1.165) is 0 Å². The van der Waals surface area contributed by atoms with Gasteiger partial charge in [-0.25, -0.2) is 4.79 Å². The minimum absolute atomic E-state index is 0.0453. The summed E-state index contributed by atoms with van der Waals surface area (Å²) in [4.78, 5) is 25.4. The molecule has 0 atom stereocenters. The van der Waals surface area contributed by atoms with Crippen molar-refractivity contribution in [2.45, 2.75) is 32.7 Å². The van der Waals surface area contributed by atoms with E-state index in [9.17, 15) is 9.59 Å². The Bertz CT molecular complexity index is 570. The van der Waals surface area contributed by atoms with E-state index in [-0.39, 0.29) is 24.6 Å². The van der Waals surface area contributed by atoms with Crippen LogP contribution in [-0.2, 0) is 9.53 Å². The standard InChI is InChI=1S/C18H26N2O5/c1-3-23-15-7-5-6-8-16(15)25-13-17(21)19-14-9-11-20(12-10-14)18(22)24-4-2/h5-8,14H,3-4,9-13H2,1-2H3,(H,19,21). The fraction of sp³-hybridized carbons (Fsp3) is 0.556. The molecule has 7 heteroatoms. The number of nitrogens with one attached hydrogen (secondary N) is 1. The number of likely N-dealkylation sites (tertiary alicyclic amines) is 1. The Morgan fingerprint density at radius 2 is 1.72 bits per heavy atom. The number of hydrogen-bond acceptors (Lipinski definition) is 5. The number of carbonyl (C=O) groups excluding carboxylic acids is 2. The Balaban J connectivity index is 1.74. The van der Waals surface area contributed by atoms with Gasteiger partial charge in [0.15, 0.2) is 18.1 Å². The van der Waals surface area contributed by atoms with Crippen molar-refractivity contribution in [1.29, 1.82) is 0 Å². The smallest absolute Gasteiger partial charge is 0.409 e. The third kappa shape index (κ3) is 5.85. The maximum absolute atomic E-state index is 12.1. The second-order valence-electron chi connectivity index (χ2n) is 5.70. The molecule has 0 unspecified atom stereocenters. The molecule has 0 spiro atoms. The first-order valence-electron chi connectivity index (χ1n) is 8.69. The molecule has 1 saturated heterocycles. The highest BCUT2D eigenvalue weighted by Crippen LogP contribution is 2.26. The summed E-state index contributed by atoms with van der Waals surface area (Å²) >= 11 is 0. The first kappa shape index (κ1) is 18.9. The van der Waals surface area contributed by atoms with Crippen molar-refractivity contribution in [2.75, 3.05) is 32.9 Å². The molecule has 0 radical (unpaired) electrons. The Labute approximate surface area is 148 Å². The number of nitrogens with zero attached hydrogens (tertiary/aromatic N) is 1. The molecule has 0 saturated carbocycles. The van der Waals surface area contributed by atoms with Gasteiger partial charge < -0.3 is 24.4 Å². The van der Waals surface area contributed by atoms with Crippen molar-refractivity contribution >= 4 is 12.0 Å². The van der Waals surface area contributed by atoms with Gasteiger partial charge in [0.1, 0.15) is 0 Å². The van der Waals surface area contributed by atoms with Gasteiger partial charge in [-0.15, -0.1) is 0 Å². The van der Waals surface area contributed by atoms with Crippen LogP contribution in [0.3, 0.4) is 0 Å². The molecule has 0 bridgehead atoms. The van der Waals surface area contributed by atoms with E-state index < -0.39 is 0 Å². The fourth-order valence-corrected chi connectivity index (χ4v) is 2.68. The van der Waals surface area contributed by atoms with Gasteiger partial charge in [-0.1, -0.05) is 12.1 Å². The monoisotopic (exact) mass is 350 g/mol. The van der Waals surface area contributed by atoms with Crippen molar-refractivity contribution in [3.63, 3.8) is 0 Å². The van der Waals surface area contributed by atoms with Crippen molar-refractivity contribution < 1.29 is 23.8 Å². The molecule has 1 fully saturated rings. The molecule has 1 aliphatic rings. The van der Waals surface area contributed by atoms with Crippen LogP contribution in [0.1, 0.15) is 26.7 Å². The predicted molar refractivity (Wildman–Crippen MR) is 92.9 cm³/mol. The van der Waals surface area contributed by atoms with Crippen LogP contribution in [0.2, 0.25) is 0 Å². The highest BCUT2D eigenvalue weighted by Gasteiger charge is 2.24. The Morgan fingerprint density at radius 1 is 1.08 bits per heavy atom. The fourth-order valence-electron chi connectivity index (χ4n) is 2.68. The third-order valence-corrected chi connectivity index (χ3v) is 3.89. The average molecular weight is 350 g/mol. The molecular formula is C18H26N2O5. The number of ether oxygens (including phenoxy) is 3. The molecule has 1 aromatic carbocycles. The lowest BCUT2D eigenvalue weighted by atomic mass is 10.1. The van der Waals surface area contributed by atoms with E-state index in [4.69, 9.17) is 14.2 Å². The molecule has 7 nitrogen and oxygen atoms in total. The SMILES string of the molecule is CCOC(=O)N1CCC(NC(=O)COc2ccccc2OCC)CC1. The summed E-state index contributed by atoms with van der Waals surface area (Å²) in [6.07, 6.45) is 1.13. The molecule has 25 heavy (non-hydrogen) atoms. The van der Waals surface area contributed by atoms with Crippen molar-refractivity contribution in [3.05, 3.63) is 24.3 Å². The van der Waals surface area contributed by atoms with Gasteiger partial charge in [-0.05, 0) is 38.8 Å². The van der Waals surface area contributed by atoms with Crippen LogP contribution in [0.15, 0.2) is 24.3 Å². The van der Waals surface area contributed by atoms with Gasteiger partial charge in [0.05, 0.1) is 13.2 Å². The topological polar surface area (TPSA) is 77.1 Å². The summed E-state index contributed by atoms with van der Waals surface area (Å²) in [5, 5.41) is 2.95. The Kier molecular flexibility index (Phi) is 7.37. The zero-order chi connectivity index (χ0) is 18.1. The van der Waals surface area contributed by atoms with E-state index in [0.29, 0.717) is 50.6 Å². The second kappa shape index (κ2) is 9.76. The van der Waals surface area contributed by atoms with E-state index in [2.05, 4.69) is 5.32 Å². The van der Waals surface area contributed by atoms with E-state index in [1.807, 2.05) is 25.1 Å². The summed E-state index contributed by atoms with van der Waals surface area (Å²) in [5.74, 6) is 0.998. The van der Waals surface area contributed by atoms with Gasteiger partial charge in [0, 0.05) is 19.1 Å². The molecule has 0 aromatic heterocycles. The molecule has 0 aliphatic carbocycles. The van der Waals surface area contributed by atoms with Crippen LogP contribution in [-0.4, -0.2) is 55.9 Å². The van der Waals surface area contributed by atoms with Crippen LogP contribution < -0.4 is 14.8 Å². The van der Waals surface area contributed by atoms with Gasteiger partial charge in [-0.3, -0.25) is 4.79 Å². The van der Waals surface area contributed by atoms with Crippen LogP contribution >= 0.6 is 0 Å². The quantitative estimate of drug-likeness (QED) is 0.816. The summed E-state index contributed by atoms with van der Waals surface area (Å²) in [6, 6.07) is 7.32. The van der Waals surface area contributed by atoms with E-state index >= 15 is 0 Å². The number of amides is 2. The van der Waals surface area contributed by atoms with Gasteiger partial charge >= 0.3 is 6.09 Å². The Morgan fingerprint density at radius 3 is 2.32 bits per heavy atom. The van der Waals surface area contributed by atoms with E-state index in [1.165, 1.54) is 0 Å². The molecule has 2 rings (SSSR count). The molecule has 1 heterocycles. The number of benzene rings is 1. The normalized spacial score (nSPS) is 14.7. The van der Waals surface area contributed by atoms with Crippen molar-refractivity contribution in [3.8, 4) is 11.5 Å². The third-order valence-electron chi connectivity index (χ3n) is 3.89. The largest absolute Gasteiger partial charge is 0.490 e. The van der Waals surface area contributed by atoms with Crippen molar-refractivity contribution in [2.24, 2.45) is 0 Å². The number of piperidine rings is 1. The van der Waals surface area contributed by atoms with Crippen molar-refractivity contribution in [1.82, 2.24) is 10.2 Å². The average Bonchev–Trinajstić information content (AvgIpc) is 2.62. The molecule has 1 aromatic rings. The highest BCUT2D eigenvalue weighted by atomic mass is 16.6. The van der Waals surface area contributed by atoms with Gasteiger partial charge in [0.2, 0.25) is 0 Å². The zero-order valence-corrected chi connectivity index (χ0v) is 14.8. The molecule has 2 amide bonds. The van der Waals surface area contributed by atoms with Crippen LogP contribution in [0.25, 0.3) is 0 Å². The minimum atomic E-state index is -0.289. The van der Waals surface area contributed by atoms with Gasteiger partial charge in [0.25, 0.3) is 5.91 Å². The second-order valence-corrected chi connectivity index (χ2v) is 5.70. The first-order chi connectivity index (χ1) is 12.1. The summed E-state index contributed by atoms with van der Waals surface area (Å²) in [6.45, 7) is 5.68. The molecular weight excluding hydrogens is 324 g/mol. The molecule has 1 N–H and O–H groups in total. The number of carbonyl (C=O) groups is 2. The van der Waals surface area contributed by atoms with Crippen LogP contribution in [0.5, 0.6) is 11.5 Å². The van der Waals surface area contributed by atoms with E-state index in [1.54, 1.807) is 17.9 Å². The lowest BCUT2D eigenvalue weighted by Crippen LogP contribution is -2.47. The summed E-state index contributed by atoms with van der Waals surface area (Å²) in [5.41, 5.74) is 0. The Hall–Kier alpha value is -2.44. The number of rotatable bonds is 7. The first-order valence-corrected chi connectivity index (χ1v) is 8.69. The zero-order valence-electron chi connectivity index (χ0n) is 14.8. The van der Waals surface area contributed by atoms with Gasteiger partial charge in [-0.2, -0.15) is 0 Å². The van der Waals surface area contributed by atoms with Crippen LogP contribution in [0.4, 0.5) is 4.79 Å². The minimum Gasteiger partial charge on any atom is -0.490 e. The maximum Gasteiger partial charge on any atom is 0.409 e. The number of hydrogen-bond donors (Lipinski definition) is 1. The summed E-state index contributed by atoms with van der Waals surface area (Å²) < 4.78 is 16.0. The lowest BCUT2D eigenvalue weighted by molar-refractivity contribution is -0.124. The molecule has 1 aliphatic heterocycles. The lowest BCUT2D eigenvalue weighted by Gasteiger charge is -2.31. The predicted octanol–water partition coefficient (Wildman–Crippen LogP) is 2.20. The number of para-hydroxylation sites is 2. The highest BCUT2D eigenvalue weighted by molar-refractivity contribution is 5.78. The molecule has 138 valence electrons. The van der Waals surface area contributed by atoms with Crippen LogP contribution in [0, 0.1) is 0 Å². The summed E-state index contributed by atoms with van der Waals surface area (Å²) in [7, 11) is 0. The maximum atomic E-state index is 12.1.